The van der Waals surface area contributed by atoms with Crippen molar-refractivity contribution in [2.75, 3.05) is 5.75 Å². The third-order valence-electron chi connectivity index (χ3n) is 8.17. The largest absolute Gasteiger partial charge is 0.392 e. The van der Waals surface area contributed by atoms with Gasteiger partial charge in [0.15, 0.2) is 6.29 Å². The molecule has 1 fully saturated rings. The van der Waals surface area contributed by atoms with Crippen LogP contribution in [0.1, 0.15) is 41.6 Å². The van der Waals surface area contributed by atoms with E-state index in [4.69, 9.17) is 9.47 Å². The Hall–Kier alpha value is -3.83. The summed E-state index contributed by atoms with van der Waals surface area (Å²) >= 11 is 1.66. The average Bonchev–Trinajstić information content (AvgIpc) is 3.11. The number of hydrogen-bond donors (Lipinski definition) is 2. The number of aromatic nitrogens is 1. The number of thioether (sulfide) groups is 1. The lowest BCUT2D eigenvalue weighted by Crippen LogP contribution is -2.38. The van der Waals surface area contributed by atoms with Gasteiger partial charge in [-0.1, -0.05) is 104 Å². The van der Waals surface area contributed by atoms with E-state index in [2.05, 4.69) is 16.6 Å². The van der Waals surface area contributed by atoms with Crippen molar-refractivity contribution in [1.82, 2.24) is 9.71 Å². The van der Waals surface area contributed by atoms with Crippen LogP contribution in [-0.2, 0) is 32.6 Å². The maximum Gasteiger partial charge on any atom is 0.240 e. The first kappa shape index (κ1) is 32.1. The molecule has 1 aliphatic heterocycles. The number of sulfonamides is 1. The molecule has 7 nitrogen and oxygen atoms in total. The minimum atomic E-state index is -3.64. The van der Waals surface area contributed by atoms with E-state index in [-0.39, 0.29) is 36.2 Å². The summed E-state index contributed by atoms with van der Waals surface area (Å²) < 4.78 is 41.7. The van der Waals surface area contributed by atoms with Gasteiger partial charge in [0.25, 0.3) is 0 Å². The van der Waals surface area contributed by atoms with Gasteiger partial charge in [-0.2, -0.15) is 0 Å². The summed E-state index contributed by atoms with van der Waals surface area (Å²) in [6.45, 7) is 2.30. The van der Waals surface area contributed by atoms with Gasteiger partial charge >= 0.3 is 0 Å². The molecule has 2 heterocycles. The first-order valence-electron chi connectivity index (χ1n) is 15.2. The molecule has 236 valence electrons. The van der Waals surface area contributed by atoms with Crippen molar-refractivity contribution in [3.63, 3.8) is 0 Å². The van der Waals surface area contributed by atoms with E-state index in [9.17, 15) is 13.5 Å². The lowest BCUT2D eigenvalue weighted by atomic mass is 9.91. The quantitative estimate of drug-likeness (QED) is 0.145. The smallest absolute Gasteiger partial charge is 0.240 e. The van der Waals surface area contributed by atoms with Gasteiger partial charge in [0.05, 0.1) is 28.7 Å². The Balaban J connectivity index is 1.22. The number of nitrogens with one attached hydrogen (secondary N) is 1. The molecule has 5 aromatic rings. The highest BCUT2D eigenvalue weighted by atomic mass is 32.2. The van der Waals surface area contributed by atoms with Gasteiger partial charge in [-0.05, 0) is 52.1 Å². The number of nitrogens with zero attached hydrogens (tertiary/aromatic N) is 1. The van der Waals surface area contributed by atoms with Gasteiger partial charge in [0.1, 0.15) is 0 Å². The van der Waals surface area contributed by atoms with Crippen LogP contribution in [0, 0.1) is 5.92 Å². The molecule has 0 amide bonds. The van der Waals surface area contributed by atoms with Gasteiger partial charge in [-0.25, -0.2) is 18.1 Å². The van der Waals surface area contributed by atoms with Gasteiger partial charge in [-0.15, -0.1) is 11.8 Å². The monoisotopic (exact) mass is 652 g/mol. The van der Waals surface area contributed by atoms with Crippen molar-refractivity contribution >= 4 is 21.8 Å². The number of benzene rings is 4. The number of rotatable bonds is 11. The average molecular weight is 653 g/mol. The summed E-state index contributed by atoms with van der Waals surface area (Å²) in [6, 6.07) is 38.0. The minimum absolute atomic E-state index is 0.00911. The zero-order chi connectivity index (χ0) is 31.9. The molecule has 1 saturated heterocycles. The van der Waals surface area contributed by atoms with E-state index in [1.54, 1.807) is 48.3 Å². The van der Waals surface area contributed by atoms with Gasteiger partial charge in [0, 0.05) is 30.0 Å². The Morgan fingerprint density at radius 3 is 2.22 bits per heavy atom. The summed E-state index contributed by atoms with van der Waals surface area (Å²) in [5, 5.41) is 10.5. The maximum absolute atomic E-state index is 12.9. The van der Waals surface area contributed by atoms with E-state index in [1.807, 2.05) is 91.0 Å². The second kappa shape index (κ2) is 14.7. The Morgan fingerprint density at radius 2 is 1.50 bits per heavy atom. The first-order valence-corrected chi connectivity index (χ1v) is 17.7. The third-order valence-corrected chi connectivity index (χ3v) is 10.6. The molecule has 0 saturated carbocycles. The molecule has 0 radical (unpaired) electrons. The number of aliphatic hydroxyl groups is 1. The van der Waals surface area contributed by atoms with E-state index < -0.39 is 16.3 Å². The number of pyridine rings is 1. The van der Waals surface area contributed by atoms with Crippen LogP contribution in [0.25, 0.3) is 11.1 Å². The van der Waals surface area contributed by atoms with Crippen molar-refractivity contribution < 1.29 is 23.0 Å². The van der Waals surface area contributed by atoms with Crippen molar-refractivity contribution in [3.05, 3.63) is 150 Å². The Kier molecular flexibility index (Phi) is 10.3. The first-order chi connectivity index (χ1) is 22.4. The molecule has 1 aromatic heterocycles. The van der Waals surface area contributed by atoms with Crippen LogP contribution in [0.2, 0.25) is 0 Å². The molecule has 2 N–H and O–H groups in total. The van der Waals surface area contributed by atoms with Crippen LogP contribution < -0.4 is 4.72 Å². The highest BCUT2D eigenvalue weighted by Crippen LogP contribution is 2.43. The van der Waals surface area contributed by atoms with Gasteiger partial charge in [-0.3, -0.25) is 0 Å². The maximum atomic E-state index is 12.9. The lowest BCUT2D eigenvalue weighted by molar-refractivity contribution is -0.268. The normalized spacial score (nSPS) is 20.0. The second-order valence-corrected chi connectivity index (χ2v) is 14.0. The Morgan fingerprint density at radius 1 is 0.804 bits per heavy atom. The molecule has 1 aliphatic rings. The summed E-state index contributed by atoms with van der Waals surface area (Å²) in [4.78, 5) is 4.70. The predicted molar refractivity (Wildman–Crippen MR) is 180 cm³/mol. The lowest BCUT2D eigenvalue weighted by Gasteiger charge is -2.41. The molecule has 0 spiro atoms. The van der Waals surface area contributed by atoms with Crippen molar-refractivity contribution in [1.29, 1.82) is 0 Å². The van der Waals surface area contributed by atoms with E-state index in [1.165, 1.54) is 0 Å². The molecule has 0 unspecified atom stereocenters. The fourth-order valence-corrected chi connectivity index (χ4v) is 7.60. The minimum Gasteiger partial charge on any atom is -0.392 e. The third kappa shape index (κ3) is 7.58. The highest BCUT2D eigenvalue weighted by Gasteiger charge is 2.38. The van der Waals surface area contributed by atoms with Gasteiger partial charge in [0.2, 0.25) is 10.0 Å². The standard InChI is InChI=1S/C37H36N2O5S2/c1-26-34(25-45-35-13-7-8-22-38-35)43-37(44-36(26)29-16-14-27(24-40)15-17-29)30-20-18-28(19-21-30)33-12-6-5-9-31(33)23-39-46(41,42)32-10-3-2-4-11-32/h2-22,26,34,36-37,39-40H,23-25H2,1H3/t26-,34+,36+,37+/m0/s1. The van der Waals surface area contributed by atoms with Crippen LogP contribution in [0.5, 0.6) is 0 Å². The van der Waals surface area contributed by atoms with Crippen molar-refractivity contribution in [3.8, 4) is 11.1 Å². The van der Waals surface area contributed by atoms with Crippen LogP contribution in [0.3, 0.4) is 0 Å². The summed E-state index contributed by atoms with van der Waals surface area (Å²) in [6.07, 6.45) is 0.892. The van der Waals surface area contributed by atoms with Crippen molar-refractivity contribution in [2.24, 2.45) is 5.92 Å². The summed E-state index contributed by atoms with van der Waals surface area (Å²) in [5.41, 5.74) is 5.55. The number of ether oxygens (including phenoxy) is 2. The number of aliphatic hydroxyl groups excluding tert-OH is 1. The predicted octanol–water partition coefficient (Wildman–Crippen LogP) is 7.30. The molecular weight excluding hydrogens is 617 g/mol. The van der Waals surface area contributed by atoms with Crippen molar-refractivity contribution in [2.45, 2.75) is 48.5 Å². The topological polar surface area (TPSA) is 97.8 Å². The Labute approximate surface area is 274 Å². The van der Waals surface area contributed by atoms with Crippen LogP contribution in [-0.4, -0.2) is 30.4 Å². The zero-order valence-electron chi connectivity index (χ0n) is 25.4. The molecular formula is C37H36N2O5S2. The van der Waals surface area contributed by atoms with E-state index in [0.717, 1.165) is 38.4 Å². The molecule has 0 bridgehead atoms. The van der Waals surface area contributed by atoms with Crippen LogP contribution in [0.15, 0.2) is 137 Å². The second-order valence-electron chi connectivity index (χ2n) is 11.2. The number of hydrogen-bond acceptors (Lipinski definition) is 7. The molecule has 4 aromatic carbocycles. The molecule has 6 rings (SSSR count). The van der Waals surface area contributed by atoms with E-state index >= 15 is 0 Å². The zero-order valence-corrected chi connectivity index (χ0v) is 27.0. The molecule has 9 heteroatoms. The van der Waals surface area contributed by atoms with Crippen LogP contribution >= 0.6 is 11.8 Å². The summed E-state index contributed by atoms with van der Waals surface area (Å²) in [7, 11) is -3.64. The molecule has 46 heavy (non-hydrogen) atoms. The summed E-state index contributed by atoms with van der Waals surface area (Å²) in [5.74, 6) is 0.784. The fourth-order valence-electron chi connectivity index (χ4n) is 5.54. The molecule has 4 atom stereocenters. The fraction of sp³-hybridized carbons (Fsp3) is 0.216. The van der Waals surface area contributed by atoms with Crippen LogP contribution in [0.4, 0.5) is 0 Å². The SMILES string of the molecule is C[C@H]1[C@@H](CSc2ccccn2)O[C@@H](c2ccc(-c3ccccc3CNS(=O)(=O)c3ccccc3)cc2)O[C@H]1c1ccc(CO)cc1. The van der Waals surface area contributed by atoms with E-state index in [0.29, 0.717) is 5.75 Å². The highest BCUT2D eigenvalue weighted by molar-refractivity contribution is 7.99. The molecule has 0 aliphatic carbocycles. The Bertz CT molecular complexity index is 1820. The van der Waals surface area contributed by atoms with Gasteiger partial charge < -0.3 is 14.6 Å².